The van der Waals surface area contributed by atoms with Crippen molar-refractivity contribution in [2.24, 2.45) is 0 Å². The summed E-state index contributed by atoms with van der Waals surface area (Å²) in [5.74, 6) is 0.283. The van der Waals surface area contributed by atoms with Gasteiger partial charge in [0.15, 0.2) is 0 Å². The van der Waals surface area contributed by atoms with Crippen LogP contribution in [-0.4, -0.2) is 42.9 Å². The third-order valence-electron chi connectivity index (χ3n) is 3.28. The SMILES string of the molecule is CCNC(=O)c1ccc(OC[C@H](O)CN[C@@H](C)CC)c(Cl)c1. The van der Waals surface area contributed by atoms with Crippen LogP contribution in [0.3, 0.4) is 0 Å². The Bertz CT molecular complexity index is 482. The first-order valence-electron chi connectivity index (χ1n) is 7.59. The van der Waals surface area contributed by atoms with E-state index in [2.05, 4.69) is 24.5 Å². The number of aliphatic hydroxyl groups is 1. The third kappa shape index (κ3) is 6.22. The number of hydrogen-bond donors (Lipinski definition) is 3. The van der Waals surface area contributed by atoms with Gasteiger partial charge in [-0.05, 0) is 38.5 Å². The van der Waals surface area contributed by atoms with E-state index in [1.807, 2.05) is 6.92 Å². The van der Waals surface area contributed by atoms with E-state index >= 15 is 0 Å². The summed E-state index contributed by atoms with van der Waals surface area (Å²) in [4.78, 5) is 11.7. The Morgan fingerprint density at radius 3 is 2.73 bits per heavy atom. The normalized spacial score (nSPS) is 13.5. The molecule has 0 unspecified atom stereocenters. The Morgan fingerprint density at radius 1 is 1.41 bits per heavy atom. The minimum Gasteiger partial charge on any atom is -0.489 e. The highest BCUT2D eigenvalue weighted by molar-refractivity contribution is 6.32. The van der Waals surface area contributed by atoms with E-state index in [4.69, 9.17) is 16.3 Å². The van der Waals surface area contributed by atoms with Gasteiger partial charge in [-0.2, -0.15) is 0 Å². The molecule has 0 heterocycles. The Labute approximate surface area is 137 Å². The molecule has 0 saturated heterocycles. The largest absolute Gasteiger partial charge is 0.489 e. The summed E-state index contributed by atoms with van der Waals surface area (Å²) < 4.78 is 5.51. The number of amides is 1. The van der Waals surface area contributed by atoms with Crippen LogP contribution in [0, 0.1) is 0 Å². The molecule has 0 radical (unpaired) electrons. The molecule has 0 fully saturated rings. The number of aliphatic hydroxyl groups excluding tert-OH is 1. The van der Waals surface area contributed by atoms with Gasteiger partial charge in [-0.1, -0.05) is 18.5 Å². The van der Waals surface area contributed by atoms with Gasteiger partial charge < -0.3 is 20.5 Å². The van der Waals surface area contributed by atoms with Crippen LogP contribution < -0.4 is 15.4 Å². The van der Waals surface area contributed by atoms with Crippen molar-refractivity contribution in [2.75, 3.05) is 19.7 Å². The number of nitrogens with one attached hydrogen (secondary N) is 2. The van der Waals surface area contributed by atoms with Crippen molar-refractivity contribution >= 4 is 17.5 Å². The molecular weight excluding hydrogens is 304 g/mol. The molecule has 1 rings (SSSR count). The average molecular weight is 329 g/mol. The van der Waals surface area contributed by atoms with Crippen molar-refractivity contribution in [1.82, 2.24) is 10.6 Å². The van der Waals surface area contributed by atoms with Crippen molar-refractivity contribution < 1.29 is 14.6 Å². The smallest absolute Gasteiger partial charge is 0.251 e. The first kappa shape index (κ1) is 18.7. The molecule has 0 aliphatic rings. The van der Waals surface area contributed by atoms with Crippen LogP contribution in [0.4, 0.5) is 0 Å². The lowest BCUT2D eigenvalue weighted by Crippen LogP contribution is -2.36. The maximum atomic E-state index is 11.7. The van der Waals surface area contributed by atoms with E-state index in [0.29, 0.717) is 35.5 Å². The lowest BCUT2D eigenvalue weighted by atomic mass is 10.2. The molecular formula is C16H25ClN2O3. The zero-order valence-corrected chi connectivity index (χ0v) is 14.1. The molecule has 0 spiro atoms. The van der Waals surface area contributed by atoms with Crippen LogP contribution in [0.25, 0.3) is 0 Å². The molecule has 1 aromatic carbocycles. The summed E-state index contributed by atoms with van der Waals surface area (Å²) >= 11 is 6.10. The van der Waals surface area contributed by atoms with E-state index in [-0.39, 0.29) is 12.5 Å². The number of hydrogen-bond acceptors (Lipinski definition) is 4. The highest BCUT2D eigenvalue weighted by atomic mass is 35.5. The molecule has 1 aromatic rings. The lowest BCUT2D eigenvalue weighted by Gasteiger charge is -2.17. The topological polar surface area (TPSA) is 70.6 Å². The number of carbonyl (C=O) groups excluding carboxylic acids is 1. The van der Waals surface area contributed by atoms with Gasteiger partial charge in [0.05, 0.1) is 5.02 Å². The number of rotatable bonds is 9. The summed E-state index contributed by atoms with van der Waals surface area (Å²) in [7, 11) is 0. The zero-order valence-electron chi connectivity index (χ0n) is 13.4. The Hall–Kier alpha value is -1.30. The zero-order chi connectivity index (χ0) is 16.5. The van der Waals surface area contributed by atoms with Crippen molar-refractivity contribution in [3.8, 4) is 5.75 Å². The fraction of sp³-hybridized carbons (Fsp3) is 0.562. The quantitative estimate of drug-likeness (QED) is 0.650. The number of carbonyl (C=O) groups is 1. The van der Waals surface area contributed by atoms with E-state index in [1.165, 1.54) is 0 Å². The van der Waals surface area contributed by atoms with E-state index < -0.39 is 6.10 Å². The van der Waals surface area contributed by atoms with E-state index in [1.54, 1.807) is 18.2 Å². The summed E-state index contributed by atoms with van der Waals surface area (Å²) in [6.45, 7) is 7.16. The fourth-order valence-electron chi connectivity index (χ4n) is 1.75. The lowest BCUT2D eigenvalue weighted by molar-refractivity contribution is 0.0954. The molecule has 124 valence electrons. The van der Waals surface area contributed by atoms with Gasteiger partial charge in [-0.15, -0.1) is 0 Å². The van der Waals surface area contributed by atoms with E-state index in [0.717, 1.165) is 6.42 Å². The Morgan fingerprint density at radius 2 is 2.14 bits per heavy atom. The number of halogens is 1. The molecule has 3 N–H and O–H groups in total. The fourth-order valence-corrected chi connectivity index (χ4v) is 1.98. The second-order valence-corrected chi connectivity index (χ2v) is 5.59. The molecule has 22 heavy (non-hydrogen) atoms. The van der Waals surface area contributed by atoms with Crippen LogP contribution >= 0.6 is 11.6 Å². The molecule has 2 atom stereocenters. The van der Waals surface area contributed by atoms with Gasteiger partial charge in [0.25, 0.3) is 5.91 Å². The number of benzene rings is 1. The van der Waals surface area contributed by atoms with Gasteiger partial charge >= 0.3 is 0 Å². The van der Waals surface area contributed by atoms with E-state index in [9.17, 15) is 9.90 Å². The minimum atomic E-state index is -0.617. The second-order valence-electron chi connectivity index (χ2n) is 5.19. The van der Waals surface area contributed by atoms with Gasteiger partial charge in [0, 0.05) is 24.7 Å². The van der Waals surface area contributed by atoms with Crippen LogP contribution in [0.15, 0.2) is 18.2 Å². The van der Waals surface area contributed by atoms with Gasteiger partial charge in [0.2, 0.25) is 0 Å². The maximum Gasteiger partial charge on any atom is 0.251 e. The highest BCUT2D eigenvalue weighted by Gasteiger charge is 2.11. The van der Waals surface area contributed by atoms with Crippen LogP contribution in [0.5, 0.6) is 5.75 Å². The van der Waals surface area contributed by atoms with Gasteiger partial charge in [-0.3, -0.25) is 4.79 Å². The first-order chi connectivity index (χ1) is 10.5. The molecule has 0 bridgehead atoms. The summed E-state index contributed by atoms with van der Waals surface area (Å²) in [6.07, 6.45) is 0.383. The van der Waals surface area contributed by atoms with Crippen molar-refractivity contribution in [3.63, 3.8) is 0 Å². The predicted molar refractivity (Wildman–Crippen MR) is 88.7 cm³/mol. The van der Waals surface area contributed by atoms with Gasteiger partial charge in [0.1, 0.15) is 18.5 Å². The Kier molecular flexibility index (Phi) is 8.24. The molecule has 5 nitrogen and oxygen atoms in total. The van der Waals surface area contributed by atoms with Crippen LogP contribution in [-0.2, 0) is 0 Å². The van der Waals surface area contributed by atoms with Crippen molar-refractivity contribution in [2.45, 2.75) is 39.3 Å². The van der Waals surface area contributed by atoms with Crippen molar-refractivity contribution in [3.05, 3.63) is 28.8 Å². The average Bonchev–Trinajstić information content (AvgIpc) is 2.51. The predicted octanol–water partition coefficient (Wildman–Crippen LogP) is 2.22. The molecule has 0 saturated carbocycles. The third-order valence-corrected chi connectivity index (χ3v) is 3.57. The second kappa shape index (κ2) is 9.66. The van der Waals surface area contributed by atoms with Gasteiger partial charge in [-0.25, -0.2) is 0 Å². The molecule has 1 amide bonds. The van der Waals surface area contributed by atoms with Crippen LogP contribution in [0.2, 0.25) is 5.02 Å². The molecule has 6 heteroatoms. The standard InChI is InChI=1S/C16H25ClN2O3/c1-4-11(3)19-9-13(20)10-22-15-7-6-12(8-14(15)17)16(21)18-5-2/h6-8,11,13,19-20H,4-5,9-10H2,1-3H3,(H,18,21)/t11-,13+/m0/s1. The summed E-state index contributed by atoms with van der Waals surface area (Å²) in [6, 6.07) is 5.21. The first-order valence-corrected chi connectivity index (χ1v) is 7.97. The maximum absolute atomic E-state index is 11.7. The minimum absolute atomic E-state index is 0.143. The van der Waals surface area contributed by atoms with Crippen LogP contribution in [0.1, 0.15) is 37.6 Å². The highest BCUT2D eigenvalue weighted by Crippen LogP contribution is 2.25. The summed E-state index contributed by atoms with van der Waals surface area (Å²) in [5.41, 5.74) is 0.484. The monoisotopic (exact) mass is 328 g/mol. The molecule has 0 aromatic heterocycles. The molecule has 0 aliphatic carbocycles. The Balaban J connectivity index is 2.51. The number of ether oxygens (including phenoxy) is 1. The molecule has 0 aliphatic heterocycles. The van der Waals surface area contributed by atoms with Crippen molar-refractivity contribution in [1.29, 1.82) is 0 Å². The summed E-state index contributed by atoms with van der Waals surface area (Å²) in [5, 5.41) is 16.1.